The summed E-state index contributed by atoms with van der Waals surface area (Å²) >= 11 is 0. The average molecular weight is 228 g/mol. The van der Waals surface area contributed by atoms with E-state index in [-0.39, 0.29) is 0 Å². The topological polar surface area (TPSA) is 17.0 Å². The van der Waals surface area contributed by atoms with Crippen LogP contribution in [0.4, 0.5) is 0 Å². The molecule has 2 aromatic rings. The highest BCUT2D eigenvalue weighted by Crippen LogP contribution is 2.35. The Morgan fingerprint density at radius 1 is 1.24 bits per heavy atom. The number of aromatic nitrogens is 1. The molecule has 2 heteroatoms. The third-order valence-corrected chi connectivity index (χ3v) is 4.11. The van der Waals surface area contributed by atoms with E-state index < -0.39 is 0 Å². The minimum atomic E-state index is 0.606. The first-order valence-corrected chi connectivity index (χ1v) is 6.39. The van der Waals surface area contributed by atoms with Crippen molar-refractivity contribution in [3.05, 3.63) is 34.5 Å². The Kier molecular flexibility index (Phi) is 2.30. The van der Waals surface area contributed by atoms with Gasteiger partial charge in [-0.15, -0.1) is 0 Å². The summed E-state index contributed by atoms with van der Waals surface area (Å²) in [6.07, 6.45) is 0. The Hall–Kier alpha value is -1.28. The first-order valence-electron chi connectivity index (χ1n) is 6.39. The van der Waals surface area contributed by atoms with E-state index in [0.29, 0.717) is 5.92 Å². The number of hydrogen-bond acceptors (Lipinski definition) is 1. The molecule has 2 heterocycles. The monoisotopic (exact) mass is 228 g/mol. The quantitative estimate of drug-likeness (QED) is 0.733. The smallest absolute Gasteiger partial charge is 0.0515 e. The van der Waals surface area contributed by atoms with Crippen LogP contribution in [-0.2, 0) is 13.6 Å². The lowest BCUT2D eigenvalue weighted by molar-refractivity contribution is 0.547. The van der Waals surface area contributed by atoms with E-state index in [9.17, 15) is 0 Å². The molecule has 1 aromatic carbocycles. The van der Waals surface area contributed by atoms with Crippen molar-refractivity contribution in [1.82, 2.24) is 9.88 Å². The molecule has 2 nitrogen and oxygen atoms in total. The molecule has 0 saturated heterocycles. The van der Waals surface area contributed by atoms with Crippen LogP contribution in [0.2, 0.25) is 0 Å². The van der Waals surface area contributed by atoms with Gasteiger partial charge >= 0.3 is 0 Å². The maximum Gasteiger partial charge on any atom is 0.0515 e. The highest BCUT2D eigenvalue weighted by Gasteiger charge is 2.24. The number of fused-ring (bicyclic) bond motifs is 3. The number of nitrogens with zero attached hydrogens (tertiary/aromatic N) is 1. The lowest BCUT2D eigenvalue weighted by atomic mass is 9.96. The Morgan fingerprint density at radius 2 is 1.94 bits per heavy atom. The zero-order valence-electron chi connectivity index (χ0n) is 11.1. The molecule has 0 saturated carbocycles. The molecule has 1 unspecified atom stereocenters. The van der Waals surface area contributed by atoms with Gasteiger partial charge in [-0.1, -0.05) is 19.1 Å². The lowest BCUT2D eigenvalue weighted by Crippen LogP contribution is -2.27. The minimum absolute atomic E-state index is 0.606. The van der Waals surface area contributed by atoms with Crippen LogP contribution in [0.15, 0.2) is 12.1 Å². The summed E-state index contributed by atoms with van der Waals surface area (Å²) in [7, 11) is 2.22. The van der Waals surface area contributed by atoms with Gasteiger partial charge in [0.2, 0.25) is 0 Å². The first kappa shape index (κ1) is 10.8. The summed E-state index contributed by atoms with van der Waals surface area (Å²) in [6.45, 7) is 8.86. The van der Waals surface area contributed by atoms with E-state index in [1.165, 1.54) is 33.3 Å². The van der Waals surface area contributed by atoms with Crippen LogP contribution in [0.1, 0.15) is 35.2 Å². The highest BCUT2D eigenvalue weighted by molar-refractivity contribution is 5.91. The van der Waals surface area contributed by atoms with Crippen molar-refractivity contribution in [2.45, 2.75) is 33.2 Å². The molecule has 0 spiro atoms. The maximum absolute atomic E-state index is 3.53. The van der Waals surface area contributed by atoms with Crippen LogP contribution in [0, 0.1) is 13.8 Å². The van der Waals surface area contributed by atoms with Crippen LogP contribution >= 0.6 is 0 Å². The van der Waals surface area contributed by atoms with Crippen molar-refractivity contribution in [3.63, 3.8) is 0 Å². The fraction of sp³-hybridized carbons (Fsp3) is 0.467. The van der Waals surface area contributed by atoms with Gasteiger partial charge in [0, 0.05) is 37.1 Å². The average Bonchev–Trinajstić information content (AvgIpc) is 2.60. The van der Waals surface area contributed by atoms with Crippen LogP contribution in [0.3, 0.4) is 0 Å². The van der Waals surface area contributed by atoms with Gasteiger partial charge in [-0.3, -0.25) is 0 Å². The Bertz CT molecular complexity index is 593. The SMILES string of the molecule is Cc1ccc(C)c2c1c1c(n2C)C(C)CNC1. The summed E-state index contributed by atoms with van der Waals surface area (Å²) in [5.41, 5.74) is 7.25. The fourth-order valence-electron chi connectivity index (χ4n) is 3.38. The molecule has 3 rings (SSSR count). The van der Waals surface area contributed by atoms with E-state index >= 15 is 0 Å². The number of hydrogen-bond donors (Lipinski definition) is 1. The second kappa shape index (κ2) is 3.61. The summed E-state index contributed by atoms with van der Waals surface area (Å²) in [5.74, 6) is 0.606. The molecule has 0 radical (unpaired) electrons. The summed E-state index contributed by atoms with van der Waals surface area (Å²) in [5, 5.41) is 5.00. The highest BCUT2D eigenvalue weighted by atomic mass is 15.0. The Morgan fingerprint density at radius 3 is 2.71 bits per heavy atom. The lowest BCUT2D eigenvalue weighted by Gasteiger charge is -2.22. The van der Waals surface area contributed by atoms with E-state index in [4.69, 9.17) is 0 Å². The van der Waals surface area contributed by atoms with Crippen molar-refractivity contribution in [3.8, 4) is 0 Å². The molecule has 90 valence electrons. The van der Waals surface area contributed by atoms with Gasteiger partial charge in [0.25, 0.3) is 0 Å². The summed E-state index contributed by atoms with van der Waals surface area (Å²) < 4.78 is 2.42. The molecular formula is C15H20N2. The van der Waals surface area contributed by atoms with Crippen molar-refractivity contribution in [1.29, 1.82) is 0 Å². The zero-order chi connectivity index (χ0) is 12.2. The van der Waals surface area contributed by atoms with Gasteiger partial charge in [-0.2, -0.15) is 0 Å². The van der Waals surface area contributed by atoms with Crippen LogP contribution in [0.5, 0.6) is 0 Å². The van der Waals surface area contributed by atoms with Gasteiger partial charge in [0.1, 0.15) is 0 Å². The predicted molar refractivity (Wildman–Crippen MR) is 72.5 cm³/mol. The number of nitrogens with one attached hydrogen (secondary N) is 1. The molecule has 0 amide bonds. The molecule has 1 atom stereocenters. The zero-order valence-corrected chi connectivity index (χ0v) is 11.1. The van der Waals surface area contributed by atoms with Gasteiger partial charge in [0.05, 0.1) is 5.52 Å². The summed E-state index contributed by atoms with van der Waals surface area (Å²) in [6, 6.07) is 4.48. The third kappa shape index (κ3) is 1.37. The normalized spacial score (nSPS) is 19.6. The van der Waals surface area contributed by atoms with Gasteiger partial charge < -0.3 is 9.88 Å². The number of aryl methyl sites for hydroxylation is 3. The third-order valence-electron chi connectivity index (χ3n) is 4.11. The number of rotatable bonds is 0. The van der Waals surface area contributed by atoms with Gasteiger partial charge in [-0.25, -0.2) is 0 Å². The van der Waals surface area contributed by atoms with Gasteiger partial charge in [0.15, 0.2) is 0 Å². The van der Waals surface area contributed by atoms with E-state index in [1.807, 2.05) is 0 Å². The molecule has 17 heavy (non-hydrogen) atoms. The first-order chi connectivity index (χ1) is 8.11. The Balaban J connectivity index is 2.48. The standard InChI is InChI=1S/C15H20N2/c1-9-5-6-10(2)15-13(9)12-8-16-7-11(3)14(12)17(15)4/h5-6,11,16H,7-8H2,1-4H3. The Labute approximate surface area is 103 Å². The molecule has 1 aromatic heterocycles. The van der Waals surface area contributed by atoms with Crippen molar-refractivity contribution in [2.75, 3.05) is 6.54 Å². The predicted octanol–water partition coefficient (Wildman–Crippen LogP) is 3.00. The van der Waals surface area contributed by atoms with Crippen molar-refractivity contribution >= 4 is 10.9 Å². The van der Waals surface area contributed by atoms with Gasteiger partial charge in [-0.05, 0) is 30.5 Å². The van der Waals surface area contributed by atoms with E-state index in [0.717, 1.165) is 13.1 Å². The second-order valence-electron chi connectivity index (χ2n) is 5.38. The molecule has 1 aliphatic rings. The van der Waals surface area contributed by atoms with Crippen LogP contribution in [0.25, 0.3) is 10.9 Å². The molecular weight excluding hydrogens is 208 g/mol. The number of benzene rings is 1. The van der Waals surface area contributed by atoms with E-state index in [1.54, 1.807) is 0 Å². The van der Waals surface area contributed by atoms with Crippen molar-refractivity contribution < 1.29 is 0 Å². The molecule has 1 aliphatic heterocycles. The second-order valence-corrected chi connectivity index (χ2v) is 5.38. The maximum atomic E-state index is 3.53. The van der Waals surface area contributed by atoms with Crippen molar-refractivity contribution in [2.24, 2.45) is 7.05 Å². The van der Waals surface area contributed by atoms with Crippen LogP contribution in [-0.4, -0.2) is 11.1 Å². The molecule has 0 fully saturated rings. The minimum Gasteiger partial charge on any atom is -0.347 e. The van der Waals surface area contributed by atoms with E-state index in [2.05, 4.69) is 49.8 Å². The molecule has 0 aliphatic carbocycles. The molecule has 1 N–H and O–H groups in total. The fourth-order valence-corrected chi connectivity index (χ4v) is 3.38. The summed E-state index contributed by atoms with van der Waals surface area (Å²) in [4.78, 5) is 0. The van der Waals surface area contributed by atoms with Crippen LogP contribution < -0.4 is 5.32 Å². The largest absolute Gasteiger partial charge is 0.347 e. The molecule has 0 bridgehead atoms.